The molecule has 5 nitrogen and oxygen atoms in total. The highest BCUT2D eigenvalue weighted by Gasteiger charge is 2.23. The van der Waals surface area contributed by atoms with E-state index in [9.17, 15) is 9.59 Å². The van der Waals surface area contributed by atoms with Gasteiger partial charge in [0, 0.05) is 23.5 Å². The van der Waals surface area contributed by atoms with Crippen molar-refractivity contribution < 1.29 is 9.59 Å². The zero-order chi connectivity index (χ0) is 15.5. The lowest BCUT2D eigenvalue weighted by molar-refractivity contribution is -0.116. The summed E-state index contributed by atoms with van der Waals surface area (Å²) in [5.41, 5.74) is 8.56. The molecule has 0 spiro atoms. The minimum atomic E-state index is -0.483. The van der Waals surface area contributed by atoms with Gasteiger partial charge in [-0.25, -0.2) is 0 Å². The van der Waals surface area contributed by atoms with Gasteiger partial charge in [-0.3, -0.25) is 9.59 Å². The van der Waals surface area contributed by atoms with Crippen molar-refractivity contribution in [2.45, 2.75) is 6.42 Å². The van der Waals surface area contributed by atoms with Gasteiger partial charge in [0.05, 0.1) is 6.54 Å². The molecule has 2 amide bonds. The topological polar surface area (TPSA) is 75.4 Å². The van der Waals surface area contributed by atoms with Crippen LogP contribution < -0.4 is 16.0 Å². The predicted octanol–water partition coefficient (Wildman–Crippen LogP) is 1.79. The summed E-state index contributed by atoms with van der Waals surface area (Å²) in [7, 11) is 0. The van der Waals surface area contributed by atoms with E-state index >= 15 is 0 Å². The Morgan fingerprint density at radius 3 is 2.77 bits per heavy atom. The molecular weight excluding hydrogens is 278 g/mol. The van der Waals surface area contributed by atoms with Crippen molar-refractivity contribution in [2.75, 3.05) is 23.3 Å². The molecule has 5 heteroatoms. The highest BCUT2D eigenvalue weighted by atomic mass is 16.2. The highest BCUT2D eigenvalue weighted by molar-refractivity contribution is 5.98. The van der Waals surface area contributed by atoms with Gasteiger partial charge in [-0.05, 0) is 36.2 Å². The van der Waals surface area contributed by atoms with Crippen LogP contribution in [0.15, 0.2) is 48.5 Å². The van der Waals surface area contributed by atoms with E-state index in [1.54, 1.807) is 29.2 Å². The first-order chi connectivity index (χ1) is 10.6. The molecule has 0 aromatic heterocycles. The third-order valence-corrected chi connectivity index (χ3v) is 3.78. The van der Waals surface area contributed by atoms with Crippen molar-refractivity contribution >= 4 is 23.2 Å². The molecule has 0 atom stereocenters. The molecule has 3 N–H and O–H groups in total. The van der Waals surface area contributed by atoms with E-state index in [4.69, 9.17) is 5.73 Å². The van der Waals surface area contributed by atoms with Crippen molar-refractivity contribution in [3.05, 3.63) is 59.7 Å². The van der Waals surface area contributed by atoms with Crippen molar-refractivity contribution in [1.29, 1.82) is 0 Å². The van der Waals surface area contributed by atoms with Gasteiger partial charge in [0.1, 0.15) is 0 Å². The smallest absolute Gasteiger partial charge is 0.248 e. The Kier molecular flexibility index (Phi) is 3.78. The number of fused-ring (bicyclic) bond motifs is 1. The molecular formula is C17H17N3O2. The Morgan fingerprint density at radius 2 is 1.95 bits per heavy atom. The average molecular weight is 295 g/mol. The second-order valence-electron chi connectivity index (χ2n) is 5.22. The van der Waals surface area contributed by atoms with Crippen molar-refractivity contribution in [1.82, 2.24) is 0 Å². The second-order valence-corrected chi connectivity index (χ2v) is 5.22. The number of nitrogens with one attached hydrogen (secondary N) is 1. The molecule has 0 saturated carbocycles. The number of para-hydroxylation sites is 1. The predicted molar refractivity (Wildman–Crippen MR) is 85.9 cm³/mol. The van der Waals surface area contributed by atoms with Gasteiger partial charge < -0.3 is 16.0 Å². The molecule has 0 bridgehead atoms. The number of benzene rings is 2. The number of nitrogens with zero attached hydrogens (tertiary/aromatic N) is 1. The van der Waals surface area contributed by atoms with Gasteiger partial charge in [-0.2, -0.15) is 0 Å². The van der Waals surface area contributed by atoms with Crippen molar-refractivity contribution in [3.8, 4) is 0 Å². The molecule has 3 rings (SSSR count). The monoisotopic (exact) mass is 295 g/mol. The molecule has 112 valence electrons. The molecule has 1 heterocycles. The first-order valence-corrected chi connectivity index (χ1v) is 7.17. The van der Waals surface area contributed by atoms with Crippen LogP contribution in [0.1, 0.15) is 15.9 Å². The number of hydrogen-bond acceptors (Lipinski definition) is 3. The van der Waals surface area contributed by atoms with Gasteiger partial charge in [-0.15, -0.1) is 0 Å². The largest absolute Gasteiger partial charge is 0.376 e. The number of anilines is 2. The van der Waals surface area contributed by atoms with Gasteiger partial charge in [-0.1, -0.05) is 24.3 Å². The Balaban J connectivity index is 1.66. The van der Waals surface area contributed by atoms with Gasteiger partial charge in [0.2, 0.25) is 11.8 Å². The SMILES string of the molecule is NC(=O)c1cccc(NCC(=O)N2CCc3ccccc32)c1. The summed E-state index contributed by atoms with van der Waals surface area (Å²) < 4.78 is 0. The number of carbonyl (C=O) groups is 2. The Labute approximate surface area is 128 Å². The molecule has 0 saturated heterocycles. The average Bonchev–Trinajstić information content (AvgIpc) is 2.97. The first kappa shape index (κ1) is 14.1. The number of hydrogen-bond donors (Lipinski definition) is 2. The Bertz CT molecular complexity index is 727. The van der Waals surface area contributed by atoms with Crippen LogP contribution in [0.25, 0.3) is 0 Å². The maximum Gasteiger partial charge on any atom is 0.248 e. The van der Waals surface area contributed by atoms with E-state index in [1.165, 1.54) is 5.56 Å². The maximum atomic E-state index is 12.4. The maximum absolute atomic E-state index is 12.4. The Morgan fingerprint density at radius 1 is 1.14 bits per heavy atom. The molecule has 2 aromatic carbocycles. The third kappa shape index (κ3) is 2.79. The first-order valence-electron chi connectivity index (χ1n) is 7.17. The lowest BCUT2D eigenvalue weighted by atomic mass is 10.2. The van der Waals surface area contributed by atoms with E-state index in [0.717, 1.165) is 12.1 Å². The number of carbonyl (C=O) groups excluding carboxylic acids is 2. The fourth-order valence-corrected chi connectivity index (χ4v) is 2.65. The van der Waals surface area contributed by atoms with E-state index in [1.807, 2.05) is 24.3 Å². The molecule has 1 aliphatic rings. The summed E-state index contributed by atoms with van der Waals surface area (Å²) in [5, 5.41) is 3.05. The quantitative estimate of drug-likeness (QED) is 0.903. The van der Waals surface area contributed by atoms with Gasteiger partial charge in [0.15, 0.2) is 0 Å². The molecule has 0 aliphatic carbocycles. The van der Waals surface area contributed by atoms with Crippen LogP contribution in [0.4, 0.5) is 11.4 Å². The molecule has 1 aliphatic heterocycles. The summed E-state index contributed by atoms with van der Waals surface area (Å²) in [6.07, 6.45) is 0.888. The Hall–Kier alpha value is -2.82. The third-order valence-electron chi connectivity index (χ3n) is 3.78. The van der Waals surface area contributed by atoms with Crippen LogP contribution in [0.3, 0.4) is 0 Å². The van der Waals surface area contributed by atoms with E-state index in [0.29, 0.717) is 17.8 Å². The van der Waals surface area contributed by atoms with Crippen LogP contribution in [0.5, 0.6) is 0 Å². The number of nitrogens with two attached hydrogens (primary N) is 1. The fourth-order valence-electron chi connectivity index (χ4n) is 2.65. The zero-order valence-corrected chi connectivity index (χ0v) is 12.1. The fraction of sp³-hybridized carbons (Fsp3) is 0.176. The lowest BCUT2D eigenvalue weighted by Gasteiger charge is -2.18. The summed E-state index contributed by atoms with van der Waals surface area (Å²) >= 11 is 0. The highest BCUT2D eigenvalue weighted by Crippen LogP contribution is 2.27. The van der Waals surface area contributed by atoms with Crippen molar-refractivity contribution in [3.63, 3.8) is 0 Å². The summed E-state index contributed by atoms with van der Waals surface area (Å²) in [6, 6.07) is 14.8. The van der Waals surface area contributed by atoms with E-state index in [2.05, 4.69) is 5.32 Å². The summed E-state index contributed by atoms with van der Waals surface area (Å²) in [6.45, 7) is 0.887. The van der Waals surface area contributed by atoms with Crippen LogP contribution in [0, 0.1) is 0 Å². The number of amides is 2. The summed E-state index contributed by atoms with van der Waals surface area (Å²) in [4.78, 5) is 25.3. The van der Waals surface area contributed by atoms with Crippen LogP contribution >= 0.6 is 0 Å². The van der Waals surface area contributed by atoms with Crippen molar-refractivity contribution in [2.24, 2.45) is 5.73 Å². The zero-order valence-electron chi connectivity index (χ0n) is 12.1. The second kappa shape index (κ2) is 5.89. The van der Waals surface area contributed by atoms with Crippen LogP contribution in [-0.4, -0.2) is 24.9 Å². The summed E-state index contributed by atoms with van der Waals surface area (Å²) in [5.74, 6) is -0.474. The lowest BCUT2D eigenvalue weighted by Crippen LogP contribution is -2.34. The minimum absolute atomic E-state index is 0.00873. The molecule has 2 aromatic rings. The minimum Gasteiger partial charge on any atom is -0.376 e. The van der Waals surface area contributed by atoms with E-state index < -0.39 is 5.91 Å². The van der Waals surface area contributed by atoms with Gasteiger partial charge >= 0.3 is 0 Å². The number of rotatable bonds is 4. The molecule has 0 radical (unpaired) electrons. The molecule has 0 fully saturated rings. The van der Waals surface area contributed by atoms with Crippen LogP contribution in [0.2, 0.25) is 0 Å². The number of primary amides is 1. The standard InChI is InChI=1S/C17H17N3O2/c18-17(22)13-5-3-6-14(10-13)19-11-16(21)20-9-8-12-4-1-2-7-15(12)20/h1-7,10,19H,8-9,11H2,(H2,18,22). The molecule has 22 heavy (non-hydrogen) atoms. The molecule has 0 unspecified atom stereocenters. The van der Waals surface area contributed by atoms with E-state index in [-0.39, 0.29) is 12.5 Å². The van der Waals surface area contributed by atoms with Gasteiger partial charge in [0.25, 0.3) is 0 Å². The normalized spacial score (nSPS) is 12.8. The van der Waals surface area contributed by atoms with Crippen LogP contribution in [-0.2, 0) is 11.2 Å².